The minimum Gasteiger partial charge on any atom is -0.457 e. The zero-order valence-electron chi connectivity index (χ0n) is 34.0. The summed E-state index contributed by atoms with van der Waals surface area (Å²) in [6.45, 7) is 4.81. The van der Waals surface area contributed by atoms with E-state index < -0.39 is 13.9 Å². The highest BCUT2D eigenvalue weighted by molar-refractivity contribution is 7.46. The first-order valence-electron chi connectivity index (χ1n) is 22.4. The molecule has 0 fully saturated rings. The van der Waals surface area contributed by atoms with Crippen molar-refractivity contribution in [3.8, 4) is 0 Å². The minimum atomic E-state index is -4.65. The Morgan fingerprint density at radius 3 is 1.06 bits per heavy atom. The molecule has 0 spiro atoms. The first-order valence-corrected chi connectivity index (χ1v) is 23.9. The molecule has 0 aromatic rings. The summed E-state index contributed by atoms with van der Waals surface area (Å²) >= 11 is 0. The third kappa shape index (κ3) is 43.8. The molecule has 0 bridgehead atoms. The molecule has 0 aliphatic rings. The molecule has 306 valence electrons. The molecule has 0 aliphatic heterocycles. The highest BCUT2D eigenvalue weighted by Crippen LogP contribution is 2.36. The van der Waals surface area contributed by atoms with Gasteiger partial charge in [0, 0.05) is 13.0 Å². The lowest BCUT2D eigenvalue weighted by molar-refractivity contribution is -0.154. The number of hydrogen-bond donors (Lipinski definition) is 2. The number of phosphoric acid groups is 1. The minimum absolute atomic E-state index is 0.0870. The second-order valence-corrected chi connectivity index (χ2v) is 16.6. The lowest BCUT2D eigenvalue weighted by Gasteiger charge is -2.18. The molecule has 51 heavy (non-hydrogen) atoms. The van der Waals surface area contributed by atoms with Crippen molar-refractivity contribution in [2.75, 3.05) is 19.8 Å². The molecule has 7 nitrogen and oxygen atoms in total. The number of ether oxygens (including phenoxy) is 2. The number of unbranched alkanes of at least 4 members (excludes halogenated alkanes) is 33. The zero-order valence-corrected chi connectivity index (χ0v) is 34.9. The van der Waals surface area contributed by atoms with Crippen LogP contribution in [0.3, 0.4) is 0 Å². The smallest absolute Gasteiger partial charge is 0.457 e. The fourth-order valence-corrected chi connectivity index (χ4v) is 7.22. The number of carbonyl (C=O) groups excluding carboxylic acids is 1. The molecular formula is C43H87O7P. The van der Waals surface area contributed by atoms with Gasteiger partial charge in [-0.2, -0.15) is 0 Å². The van der Waals surface area contributed by atoms with Crippen molar-refractivity contribution in [1.29, 1.82) is 0 Å². The van der Waals surface area contributed by atoms with Crippen LogP contribution in [0, 0.1) is 0 Å². The van der Waals surface area contributed by atoms with Gasteiger partial charge in [0.1, 0.15) is 6.10 Å². The monoisotopic (exact) mass is 747 g/mol. The number of phosphoric ester groups is 1. The number of hydrogen-bond acceptors (Lipinski definition) is 5. The summed E-state index contributed by atoms with van der Waals surface area (Å²) in [4.78, 5) is 30.6. The van der Waals surface area contributed by atoms with E-state index in [2.05, 4.69) is 18.4 Å². The fraction of sp³-hybridized carbons (Fsp3) is 0.977. The molecule has 0 rings (SSSR count). The van der Waals surface area contributed by atoms with Crippen LogP contribution in [0.2, 0.25) is 0 Å². The van der Waals surface area contributed by atoms with Gasteiger partial charge >= 0.3 is 13.8 Å². The van der Waals surface area contributed by atoms with Crippen molar-refractivity contribution < 1.29 is 33.1 Å². The maximum Gasteiger partial charge on any atom is 0.469 e. The quantitative estimate of drug-likeness (QED) is 0.0364. The van der Waals surface area contributed by atoms with Gasteiger partial charge in [0.05, 0.1) is 13.2 Å². The molecule has 0 radical (unpaired) electrons. The van der Waals surface area contributed by atoms with Crippen molar-refractivity contribution in [2.45, 2.75) is 251 Å². The Labute approximate surface area is 317 Å². The van der Waals surface area contributed by atoms with Gasteiger partial charge in [0.15, 0.2) is 0 Å². The van der Waals surface area contributed by atoms with E-state index in [4.69, 9.17) is 19.3 Å². The van der Waals surface area contributed by atoms with Crippen molar-refractivity contribution in [2.24, 2.45) is 0 Å². The van der Waals surface area contributed by atoms with Gasteiger partial charge in [-0.05, 0) is 12.8 Å². The van der Waals surface area contributed by atoms with Gasteiger partial charge in [-0.3, -0.25) is 9.32 Å². The maximum atomic E-state index is 12.4. The van der Waals surface area contributed by atoms with Gasteiger partial charge in [-0.15, -0.1) is 0 Å². The number of esters is 1. The lowest BCUT2D eigenvalue weighted by Crippen LogP contribution is -2.28. The summed E-state index contributed by atoms with van der Waals surface area (Å²) < 4.78 is 27.0. The average molecular weight is 747 g/mol. The Hall–Kier alpha value is -0.460. The molecule has 1 atom stereocenters. The van der Waals surface area contributed by atoms with E-state index in [1.54, 1.807) is 0 Å². The maximum absolute atomic E-state index is 12.4. The lowest BCUT2D eigenvalue weighted by atomic mass is 10.0. The van der Waals surface area contributed by atoms with Crippen molar-refractivity contribution in [3.05, 3.63) is 0 Å². The molecule has 0 unspecified atom stereocenters. The Morgan fingerprint density at radius 2 is 0.745 bits per heavy atom. The van der Waals surface area contributed by atoms with Gasteiger partial charge in [-0.1, -0.05) is 226 Å². The van der Waals surface area contributed by atoms with E-state index >= 15 is 0 Å². The normalized spacial score (nSPS) is 12.5. The average Bonchev–Trinajstić information content (AvgIpc) is 3.10. The Kier molecular flexibility index (Phi) is 40.4. The van der Waals surface area contributed by atoms with E-state index in [0.717, 1.165) is 32.1 Å². The molecule has 0 aromatic carbocycles. The highest BCUT2D eigenvalue weighted by Gasteiger charge is 2.21. The van der Waals surface area contributed by atoms with Crippen LogP contribution in [0.4, 0.5) is 0 Å². The summed E-state index contributed by atoms with van der Waals surface area (Å²) in [5.41, 5.74) is 0. The van der Waals surface area contributed by atoms with Crippen LogP contribution in [-0.4, -0.2) is 41.7 Å². The van der Waals surface area contributed by atoms with E-state index in [-0.39, 0.29) is 19.2 Å². The predicted octanol–water partition coefficient (Wildman–Crippen LogP) is 14.1. The molecule has 0 aromatic heterocycles. The number of rotatable bonds is 43. The second kappa shape index (κ2) is 40.7. The summed E-state index contributed by atoms with van der Waals surface area (Å²) in [5, 5.41) is 0. The van der Waals surface area contributed by atoms with Gasteiger partial charge < -0.3 is 19.3 Å². The molecule has 0 saturated heterocycles. The molecule has 8 heteroatoms. The van der Waals surface area contributed by atoms with Crippen LogP contribution in [0.15, 0.2) is 0 Å². The van der Waals surface area contributed by atoms with Gasteiger partial charge in [0.25, 0.3) is 0 Å². The van der Waals surface area contributed by atoms with Crippen LogP contribution in [-0.2, 0) is 23.4 Å². The summed E-state index contributed by atoms with van der Waals surface area (Å²) in [7, 11) is -4.65. The SMILES string of the molecule is CCCCCCCCCCCCCCCCCCCCCCOC[C@H](COP(=O)(O)O)OC(=O)CCCCCCCCCCCCCCCCC. The first-order chi connectivity index (χ1) is 24.9. The van der Waals surface area contributed by atoms with E-state index in [1.165, 1.54) is 193 Å². The Bertz CT molecular complexity index is 744. The molecule has 0 amide bonds. The van der Waals surface area contributed by atoms with Gasteiger partial charge in [-0.25, -0.2) is 4.57 Å². The van der Waals surface area contributed by atoms with Crippen molar-refractivity contribution in [1.82, 2.24) is 0 Å². The first kappa shape index (κ1) is 50.5. The molecule has 0 heterocycles. The molecule has 0 aliphatic carbocycles. The summed E-state index contributed by atoms with van der Waals surface area (Å²) in [6.07, 6.45) is 45.3. The molecular weight excluding hydrogens is 659 g/mol. The van der Waals surface area contributed by atoms with Crippen molar-refractivity contribution in [3.63, 3.8) is 0 Å². The molecule has 0 saturated carbocycles. The Morgan fingerprint density at radius 1 is 0.451 bits per heavy atom. The van der Waals surface area contributed by atoms with Crippen LogP contribution >= 0.6 is 7.82 Å². The number of carbonyl (C=O) groups is 1. The van der Waals surface area contributed by atoms with Gasteiger partial charge in [0.2, 0.25) is 0 Å². The fourth-order valence-electron chi connectivity index (χ4n) is 6.86. The zero-order chi connectivity index (χ0) is 37.4. The van der Waals surface area contributed by atoms with Crippen LogP contribution in [0.5, 0.6) is 0 Å². The third-order valence-electron chi connectivity index (χ3n) is 10.2. The van der Waals surface area contributed by atoms with Crippen LogP contribution in [0.1, 0.15) is 245 Å². The highest BCUT2D eigenvalue weighted by atomic mass is 31.2. The summed E-state index contributed by atoms with van der Waals surface area (Å²) in [6, 6.07) is 0. The largest absolute Gasteiger partial charge is 0.469 e. The van der Waals surface area contributed by atoms with E-state index in [9.17, 15) is 9.36 Å². The van der Waals surface area contributed by atoms with E-state index in [1.807, 2.05) is 0 Å². The standard InChI is InChI=1S/C43H87O7P/c1-3-5-7-9-11-13-15-17-19-20-21-22-23-25-27-29-31-33-35-37-39-48-40-42(41-49-51(45,46)47)50-43(44)38-36-34-32-30-28-26-24-18-16-14-12-10-8-6-4-2/h42H,3-41H2,1-2H3,(H2,45,46,47)/t42-/m1/s1. The Balaban J connectivity index is 3.69. The topological polar surface area (TPSA) is 102 Å². The van der Waals surface area contributed by atoms with E-state index in [0.29, 0.717) is 13.0 Å². The second-order valence-electron chi connectivity index (χ2n) is 15.4. The summed E-state index contributed by atoms with van der Waals surface area (Å²) in [5.74, 6) is -0.355. The predicted molar refractivity (Wildman–Crippen MR) is 216 cm³/mol. The third-order valence-corrected chi connectivity index (χ3v) is 10.6. The molecule has 2 N–H and O–H groups in total. The van der Waals surface area contributed by atoms with Crippen molar-refractivity contribution >= 4 is 13.8 Å². The van der Waals surface area contributed by atoms with Crippen LogP contribution < -0.4 is 0 Å². The van der Waals surface area contributed by atoms with Crippen LogP contribution in [0.25, 0.3) is 0 Å².